The molecule has 1 aliphatic heterocycles. The number of nitro benzene ring substituents is 1. The highest BCUT2D eigenvalue weighted by Gasteiger charge is 2.49. The van der Waals surface area contributed by atoms with Crippen LogP contribution in [0, 0.1) is 15.9 Å². The van der Waals surface area contributed by atoms with E-state index in [1.165, 1.54) is 36.4 Å². The number of nitrogens with zero attached hydrogens (tertiary/aromatic N) is 3. The van der Waals surface area contributed by atoms with E-state index in [9.17, 15) is 24.1 Å². The van der Waals surface area contributed by atoms with Crippen LogP contribution in [0.25, 0.3) is 0 Å². The van der Waals surface area contributed by atoms with Crippen molar-refractivity contribution in [2.45, 2.75) is 19.0 Å². The zero-order valence-electron chi connectivity index (χ0n) is 15.4. The third kappa shape index (κ3) is 3.70. The van der Waals surface area contributed by atoms with Gasteiger partial charge in [-0.1, -0.05) is 12.1 Å². The van der Waals surface area contributed by atoms with Gasteiger partial charge in [0.05, 0.1) is 11.6 Å². The molecule has 3 rings (SSSR count). The molecule has 1 heterocycles. The molecule has 1 aliphatic rings. The number of carbonyl (C=O) groups is 2. The summed E-state index contributed by atoms with van der Waals surface area (Å²) in [7, 11) is 1.74. The Labute approximate surface area is 160 Å². The lowest BCUT2D eigenvalue weighted by Gasteiger charge is -2.24. The van der Waals surface area contributed by atoms with Crippen LogP contribution in [0.4, 0.5) is 14.9 Å². The van der Waals surface area contributed by atoms with Gasteiger partial charge < -0.3 is 5.32 Å². The van der Waals surface area contributed by atoms with Crippen molar-refractivity contribution in [2.24, 2.45) is 0 Å². The zero-order chi connectivity index (χ0) is 20.5. The van der Waals surface area contributed by atoms with Crippen molar-refractivity contribution >= 4 is 17.6 Å². The Morgan fingerprint density at radius 3 is 2.32 bits per heavy atom. The summed E-state index contributed by atoms with van der Waals surface area (Å²) in [6.07, 6.45) is 0. The Bertz CT molecular complexity index is 917. The first-order valence-corrected chi connectivity index (χ1v) is 8.53. The second kappa shape index (κ2) is 7.35. The first kappa shape index (κ1) is 19.4. The van der Waals surface area contributed by atoms with E-state index in [0.717, 1.165) is 10.5 Å². The number of rotatable bonds is 6. The van der Waals surface area contributed by atoms with Gasteiger partial charge in [-0.25, -0.2) is 14.1 Å². The molecule has 0 radical (unpaired) electrons. The molecule has 0 unspecified atom stereocenters. The molecule has 1 saturated heterocycles. The molecule has 1 atom stereocenters. The predicted octanol–water partition coefficient (Wildman–Crippen LogP) is 2.59. The van der Waals surface area contributed by atoms with E-state index >= 15 is 0 Å². The van der Waals surface area contributed by atoms with Gasteiger partial charge >= 0.3 is 6.03 Å². The highest BCUT2D eigenvalue weighted by molar-refractivity contribution is 6.07. The molecule has 146 valence electrons. The Morgan fingerprint density at radius 1 is 1.14 bits per heavy atom. The topological polar surface area (TPSA) is 95.8 Å². The molecule has 28 heavy (non-hydrogen) atoms. The van der Waals surface area contributed by atoms with E-state index in [0.29, 0.717) is 12.1 Å². The summed E-state index contributed by atoms with van der Waals surface area (Å²) in [5, 5.41) is 13.5. The van der Waals surface area contributed by atoms with Crippen LogP contribution in [0.5, 0.6) is 0 Å². The normalized spacial score (nSPS) is 19.2. The highest BCUT2D eigenvalue weighted by Crippen LogP contribution is 2.30. The minimum absolute atomic E-state index is 0.0462. The Hall–Kier alpha value is -3.33. The van der Waals surface area contributed by atoms with E-state index in [1.807, 2.05) is 0 Å². The zero-order valence-corrected chi connectivity index (χ0v) is 15.4. The number of nitrogens with one attached hydrogen (secondary N) is 1. The monoisotopic (exact) mass is 386 g/mol. The molecule has 1 N–H and O–H groups in total. The maximum absolute atomic E-state index is 13.0. The number of halogens is 1. The molecule has 3 amide bonds. The van der Waals surface area contributed by atoms with Gasteiger partial charge in [0.15, 0.2) is 0 Å². The molecule has 0 spiro atoms. The first-order chi connectivity index (χ1) is 13.2. The molecule has 0 aliphatic carbocycles. The molecular weight excluding hydrogens is 367 g/mol. The summed E-state index contributed by atoms with van der Waals surface area (Å²) in [6.45, 7) is 2.03. The molecule has 0 bridgehead atoms. The summed E-state index contributed by atoms with van der Waals surface area (Å²) < 4.78 is 13.0. The molecule has 9 heteroatoms. The van der Waals surface area contributed by atoms with E-state index in [-0.39, 0.29) is 18.2 Å². The number of urea groups is 1. The lowest BCUT2D eigenvalue weighted by molar-refractivity contribution is -0.384. The lowest BCUT2D eigenvalue weighted by atomic mass is 9.92. The Kier molecular flexibility index (Phi) is 5.10. The number of non-ortho nitro benzene ring substituents is 1. The number of imide groups is 1. The Balaban J connectivity index is 1.73. The summed E-state index contributed by atoms with van der Waals surface area (Å²) in [5.74, 6) is -0.781. The second-order valence-electron chi connectivity index (χ2n) is 6.87. The number of amides is 3. The minimum atomic E-state index is -1.30. The number of benzene rings is 2. The van der Waals surface area contributed by atoms with Crippen LogP contribution in [0.1, 0.15) is 18.1 Å². The fourth-order valence-corrected chi connectivity index (χ4v) is 3.13. The van der Waals surface area contributed by atoms with Crippen LogP contribution in [0.15, 0.2) is 48.5 Å². The van der Waals surface area contributed by atoms with Crippen molar-refractivity contribution in [2.75, 3.05) is 13.7 Å². The van der Waals surface area contributed by atoms with Crippen LogP contribution >= 0.6 is 0 Å². The molecule has 1 fully saturated rings. The van der Waals surface area contributed by atoms with Crippen molar-refractivity contribution in [1.82, 2.24) is 15.1 Å². The van der Waals surface area contributed by atoms with Gasteiger partial charge in [0.1, 0.15) is 11.4 Å². The maximum Gasteiger partial charge on any atom is 0.326 e. The van der Waals surface area contributed by atoms with Gasteiger partial charge in [0.25, 0.3) is 11.6 Å². The van der Waals surface area contributed by atoms with Crippen LogP contribution < -0.4 is 5.32 Å². The third-order valence-electron chi connectivity index (χ3n) is 4.68. The summed E-state index contributed by atoms with van der Waals surface area (Å²) in [5.41, 5.74) is -0.0997. The SMILES string of the molecule is CN(Cc1ccc(F)cc1)CN1C(=O)N[C@](C)(c2ccc([N+](=O)[O-])cc2)C1=O. The van der Waals surface area contributed by atoms with Gasteiger partial charge in [0.2, 0.25) is 0 Å². The number of carbonyl (C=O) groups excluding carboxylic acids is 2. The first-order valence-electron chi connectivity index (χ1n) is 8.53. The summed E-state index contributed by atoms with van der Waals surface area (Å²) in [4.78, 5) is 38.4. The minimum Gasteiger partial charge on any atom is -0.319 e. The van der Waals surface area contributed by atoms with E-state index in [1.54, 1.807) is 31.0 Å². The lowest BCUT2D eigenvalue weighted by Crippen LogP contribution is -2.42. The predicted molar refractivity (Wildman–Crippen MR) is 98.6 cm³/mol. The van der Waals surface area contributed by atoms with E-state index in [4.69, 9.17) is 0 Å². The van der Waals surface area contributed by atoms with Gasteiger partial charge in [0, 0.05) is 18.7 Å². The van der Waals surface area contributed by atoms with Crippen LogP contribution in [0.3, 0.4) is 0 Å². The molecule has 0 saturated carbocycles. The van der Waals surface area contributed by atoms with Crippen LogP contribution in [0.2, 0.25) is 0 Å². The largest absolute Gasteiger partial charge is 0.326 e. The fourth-order valence-electron chi connectivity index (χ4n) is 3.13. The number of nitro groups is 1. The molecule has 2 aromatic carbocycles. The third-order valence-corrected chi connectivity index (χ3v) is 4.68. The highest BCUT2D eigenvalue weighted by atomic mass is 19.1. The standard InChI is InChI=1S/C19H19FN4O4/c1-19(14-5-9-16(10-6-14)24(27)28)17(25)23(18(26)21-19)12-22(2)11-13-3-7-15(20)8-4-13/h3-10H,11-12H2,1-2H3,(H,21,26)/t19-/m1/s1. The van der Waals surface area contributed by atoms with Crippen molar-refractivity contribution in [3.8, 4) is 0 Å². The van der Waals surface area contributed by atoms with Crippen molar-refractivity contribution in [1.29, 1.82) is 0 Å². The average molecular weight is 386 g/mol. The van der Waals surface area contributed by atoms with E-state index < -0.39 is 22.4 Å². The van der Waals surface area contributed by atoms with Gasteiger partial charge in [-0.05, 0) is 49.4 Å². The molecule has 2 aromatic rings. The molecule has 8 nitrogen and oxygen atoms in total. The molecular formula is C19H19FN4O4. The van der Waals surface area contributed by atoms with Gasteiger partial charge in [-0.3, -0.25) is 19.8 Å². The second-order valence-corrected chi connectivity index (χ2v) is 6.87. The summed E-state index contributed by atoms with van der Waals surface area (Å²) >= 11 is 0. The van der Waals surface area contributed by atoms with Crippen LogP contribution in [-0.2, 0) is 16.9 Å². The smallest absolute Gasteiger partial charge is 0.319 e. The Morgan fingerprint density at radius 2 is 1.75 bits per heavy atom. The van der Waals surface area contributed by atoms with Crippen LogP contribution in [-0.4, -0.2) is 40.4 Å². The van der Waals surface area contributed by atoms with Gasteiger partial charge in [-0.2, -0.15) is 0 Å². The quantitative estimate of drug-likeness (QED) is 0.468. The number of hydrogen-bond acceptors (Lipinski definition) is 5. The maximum atomic E-state index is 13.0. The fraction of sp³-hybridized carbons (Fsp3) is 0.263. The number of hydrogen-bond donors (Lipinski definition) is 1. The van der Waals surface area contributed by atoms with Gasteiger partial charge in [-0.15, -0.1) is 0 Å². The molecule has 0 aromatic heterocycles. The van der Waals surface area contributed by atoms with Crippen molar-refractivity contribution in [3.63, 3.8) is 0 Å². The van der Waals surface area contributed by atoms with Crippen molar-refractivity contribution in [3.05, 3.63) is 75.6 Å². The van der Waals surface area contributed by atoms with Crippen molar-refractivity contribution < 1.29 is 18.9 Å². The van der Waals surface area contributed by atoms with E-state index in [2.05, 4.69) is 5.32 Å². The average Bonchev–Trinajstić information content (AvgIpc) is 2.88. The summed E-state index contributed by atoms with van der Waals surface area (Å²) in [6, 6.07) is 10.9.